The zero-order valence-corrected chi connectivity index (χ0v) is 12.9. The number of hydrogen-bond acceptors (Lipinski definition) is 4. The molecular formula is C18H20N2O2. The van der Waals surface area contributed by atoms with E-state index in [4.69, 9.17) is 14.9 Å². The standard InChI is InChI=1S/C18H20N2O2/c1-12(2)18-20-16-9-15(7-8-17(16)22-18)21-11-14-5-3-13(10-19)4-6-14/h3-9,12H,10-11,19H2,1-2H3. The molecule has 0 bridgehead atoms. The largest absolute Gasteiger partial charge is 0.489 e. The Morgan fingerprint density at radius 3 is 2.50 bits per heavy atom. The molecule has 0 aliphatic heterocycles. The maximum absolute atomic E-state index is 5.83. The molecule has 3 rings (SSSR count). The van der Waals surface area contributed by atoms with Crippen LogP contribution in [0.4, 0.5) is 0 Å². The third-order valence-electron chi connectivity index (χ3n) is 3.53. The number of benzene rings is 2. The molecule has 0 fully saturated rings. The first-order valence-corrected chi connectivity index (χ1v) is 7.47. The van der Waals surface area contributed by atoms with E-state index >= 15 is 0 Å². The second-order valence-corrected chi connectivity index (χ2v) is 5.65. The minimum absolute atomic E-state index is 0.276. The Balaban J connectivity index is 1.72. The highest BCUT2D eigenvalue weighted by Crippen LogP contribution is 2.25. The van der Waals surface area contributed by atoms with E-state index in [0.29, 0.717) is 13.2 Å². The number of fused-ring (bicyclic) bond motifs is 1. The molecule has 0 saturated heterocycles. The number of oxazole rings is 1. The topological polar surface area (TPSA) is 61.3 Å². The van der Waals surface area contributed by atoms with Crippen molar-refractivity contribution in [2.75, 3.05) is 0 Å². The number of aromatic nitrogens is 1. The molecule has 4 nitrogen and oxygen atoms in total. The molecule has 2 N–H and O–H groups in total. The quantitative estimate of drug-likeness (QED) is 0.773. The predicted molar refractivity (Wildman–Crippen MR) is 86.8 cm³/mol. The van der Waals surface area contributed by atoms with Gasteiger partial charge in [-0.3, -0.25) is 0 Å². The van der Waals surface area contributed by atoms with Gasteiger partial charge in [0.15, 0.2) is 11.5 Å². The van der Waals surface area contributed by atoms with Gasteiger partial charge in [-0.2, -0.15) is 0 Å². The van der Waals surface area contributed by atoms with Gasteiger partial charge in [0.05, 0.1) is 0 Å². The smallest absolute Gasteiger partial charge is 0.198 e. The Morgan fingerprint density at radius 1 is 1.09 bits per heavy atom. The van der Waals surface area contributed by atoms with Crippen LogP contribution in [-0.4, -0.2) is 4.98 Å². The van der Waals surface area contributed by atoms with E-state index in [2.05, 4.69) is 18.8 Å². The lowest BCUT2D eigenvalue weighted by molar-refractivity contribution is 0.306. The van der Waals surface area contributed by atoms with Gasteiger partial charge >= 0.3 is 0 Å². The number of hydrogen-bond donors (Lipinski definition) is 1. The molecule has 0 saturated carbocycles. The van der Waals surface area contributed by atoms with Gasteiger partial charge in [0, 0.05) is 18.5 Å². The Bertz CT molecular complexity index is 760. The second-order valence-electron chi connectivity index (χ2n) is 5.65. The highest BCUT2D eigenvalue weighted by Gasteiger charge is 2.10. The summed E-state index contributed by atoms with van der Waals surface area (Å²) in [6.07, 6.45) is 0. The molecule has 4 heteroatoms. The molecule has 0 spiro atoms. The van der Waals surface area contributed by atoms with Gasteiger partial charge in [-0.05, 0) is 23.3 Å². The highest BCUT2D eigenvalue weighted by molar-refractivity contribution is 5.74. The van der Waals surface area contributed by atoms with Gasteiger partial charge in [0.2, 0.25) is 0 Å². The maximum atomic E-state index is 5.83. The molecule has 1 aromatic heterocycles. The fraction of sp³-hybridized carbons (Fsp3) is 0.278. The van der Waals surface area contributed by atoms with Crippen molar-refractivity contribution in [3.63, 3.8) is 0 Å². The van der Waals surface area contributed by atoms with Crippen molar-refractivity contribution in [3.05, 3.63) is 59.5 Å². The molecule has 22 heavy (non-hydrogen) atoms. The first kappa shape index (κ1) is 14.6. The summed E-state index contributed by atoms with van der Waals surface area (Å²) in [6.45, 7) is 5.20. The van der Waals surface area contributed by atoms with Gasteiger partial charge in [-0.25, -0.2) is 4.98 Å². The maximum Gasteiger partial charge on any atom is 0.198 e. The van der Waals surface area contributed by atoms with Crippen LogP contribution < -0.4 is 10.5 Å². The minimum atomic E-state index is 0.276. The first-order chi connectivity index (χ1) is 10.7. The van der Waals surface area contributed by atoms with Gasteiger partial charge < -0.3 is 14.9 Å². The normalized spacial score (nSPS) is 11.3. The van der Waals surface area contributed by atoms with Crippen LogP contribution >= 0.6 is 0 Å². The summed E-state index contributed by atoms with van der Waals surface area (Å²) in [4.78, 5) is 4.49. The fourth-order valence-corrected chi connectivity index (χ4v) is 2.20. The lowest BCUT2D eigenvalue weighted by atomic mass is 10.1. The van der Waals surface area contributed by atoms with Crippen molar-refractivity contribution >= 4 is 11.1 Å². The van der Waals surface area contributed by atoms with E-state index in [1.807, 2.05) is 42.5 Å². The average Bonchev–Trinajstić information content (AvgIpc) is 2.97. The molecule has 0 radical (unpaired) electrons. The average molecular weight is 296 g/mol. The molecule has 0 amide bonds. The molecule has 0 aliphatic carbocycles. The van der Waals surface area contributed by atoms with E-state index in [0.717, 1.165) is 33.9 Å². The second kappa shape index (κ2) is 6.20. The SMILES string of the molecule is CC(C)c1nc2cc(OCc3ccc(CN)cc3)ccc2o1. The number of rotatable bonds is 5. The third-order valence-corrected chi connectivity index (χ3v) is 3.53. The fourth-order valence-electron chi connectivity index (χ4n) is 2.20. The zero-order chi connectivity index (χ0) is 15.5. The number of ether oxygens (including phenoxy) is 1. The summed E-state index contributed by atoms with van der Waals surface area (Å²) >= 11 is 0. The Kier molecular flexibility index (Phi) is 4.11. The van der Waals surface area contributed by atoms with E-state index in [-0.39, 0.29) is 5.92 Å². The molecule has 2 aromatic carbocycles. The van der Waals surface area contributed by atoms with Crippen molar-refractivity contribution in [3.8, 4) is 5.75 Å². The van der Waals surface area contributed by atoms with Crippen LogP contribution in [0.2, 0.25) is 0 Å². The Hall–Kier alpha value is -2.33. The summed E-state index contributed by atoms with van der Waals surface area (Å²) in [5, 5.41) is 0. The van der Waals surface area contributed by atoms with E-state index in [1.54, 1.807) is 0 Å². The van der Waals surface area contributed by atoms with Gasteiger partial charge in [0.1, 0.15) is 17.9 Å². The molecule has 0 atom stereocenters. The monoisotopic (exact) mass is 296 g/mol. The summed E-state index contributed by atoms with van der Waals surface area (Å²) in [5.74, 6) is 1.82. The summed E-state index contributed by atoms with van der Waals surface area (Å²) < 4.78 is 11.5. The first-order valence-electron chi connectivity index (χ1n) is 7.47. The zero-order valence-electron chi connectivity index (χ0n) is 12.9. The predicted octanol–water partition coefficient (Wildman–Crippen LogP) is 3.99. The van der Waals surface area contributed by atoms with Crippen molar-refractivity contribution in [1.29, 1.82) is 0 Å². The van der Waals surface area contributed by atoms with E-state index < -0.39 is 0 Å². The highest BCUT2D eigenvalue weighted by atomic mass is 16.5. The summed E-state index contributed by atoms with van der Waals surface area (Å²) in [7, 11) is 0. The molecule has 114 valence electrons. The van der Waals surface area contributed by atoms with Gasteiger partial charge in [-0.15, -0.1) is 0 Å². The van der Waals surface area contributed by atoms with Crippen molar-refractivity contribution < 1.29 is 9.15 Å². The van der Waals surface area contributed by atoms with Crippen molar-refractivity contribution in [2.45, 2.75) is 32.9 Å². The number of nitrogens with two attached hydrogens (primary N) is 1. The van der Waals surface area contributed by atoms with Crippen LogP contribution in [-0.2, 0) is 13.2 Å². The van der Waals surface area contributed by atoms with Gasteiger partial charge in [0.25, 0.3) is 0 Å². The summed E-state index contributed by atoms with van der Waals surface area (Å²) in [5.41, 5.74) is 9.45. The lowest BCUT2D eigenvalue weighted by Crippen LogP contribution is -1.98. The molecule has 1 heterocycles. The van der Waals surface area contributed by atoms with Crippen LogP contribution in [0.15, 0.2) is 46.9 Å². The molecule has 0 unspecified atom stereocenters. The van der Waals surface area contributed by atoms with Crippen LogP contribution in [0, 0.1) is 0 Å². The molecule has 3 aromatic rings. The Labute approximate surface area is 129 Å². The van der Waals surface area contributed by atoms with Crippen molar-refractivity contribution in [2.24, 2.45) is 5.73 Å². The molecule has 0 aliphatic rings. The van der Waals surface area contributed by atoms with E-state index in [9.17, 15) is 0 Å². The molecular weight excluding hydrogens is 276 g/mol. The van der Waals surface area contributed by atoms with Crippen molar-refractivity contribution in [1.82, 2.24) is 4.98 Å². The number of nitrogens with zero attached hydrogens (tertiary/aromatic N) is 1. The van der Waals surface area contributed by atoms with E-state index in [1.165, 1.54) is 0 Å². The van der Waals surface area contributed by atoms with Crippen LogP contribution in [0.3, 0.4) is 0 Å². The van der Waals surface area contributed by atoms with Crippen LogP contribution in [0.1, 0.15) is 36.8 Å². The van der Waals surface area contributed by atoms with Gasteiger partial charge in [-0.1, -0.05) is 38.1 Å². The minimum Gasteiger partial charge on any atom is -0.489 e. The lowest BCUT2D eigenvalue weighted by Gasteiger charge is -2.06. The third kappa shape index (κ3) is 3.12. The Morgan fingerprint density at radius 2 is 1.82 bits per heavy atom. The van der Waals surface area contributed by atoms with Crippen LogP contribution in [0.25, 0.3) is 11.1 Å². The summed E-state index contributed by atoms with van der Waals surface area (Å²) in [6, 6.07) is 13.8. The van der Waals surface area contributed by atoms with Crippen LogP contribution in [0.5, 0.6) is 5.75 Å².